The van der Waals surface area contributed by atoms with Crippen molar-refractivity contribution in [1.82, 2.24) is 18.7 Å². The third kappa shape index (κ3) is 4.12. The Morgan fingerprint density at radius 1 is 1.20 bits per heavy atom. The molecule has 5 rings (SSSR count). The molecule has 0 saturated carbocycles. The zero-order valence-electron chi connectivity index (χ0n) is 19.0. The largest absolute Gasteiger partial charge is 0.467 e. The third-order valence-corrected chi connectivity index (χ3v) is 5.94. The number of imidazole rings is 1. The second kappa shape index (κ2) is 9.22. The van der Waals surface area contributed by atoms with E-state index in [4.69, 9.17) is 13.9 Å². The summed E-state index contributed by atoms with van der Waals surface area (Å²) < 4.78 is 20.5. The Hall–Kier alpha value is -4.19. The minimum Gasteiger partial charge on any atom is -0.467 e. The first kappa shape index (κ1) is 22.6. The number of non-ortho nitro benzene ring substituents is 1. The molecule has 1 aliphatic rings. The molecule has 0 N–H and O–H groups in total. The number of nitrogens with zero attached hydrogens (tertiary/aromatic N) is 5. The molecule has 0 amide bonds. The van der Waals surface area contributed by atoms with Crippen molar-refractivity contribution >= 4 is 16.9 Å². The molecule has 0 spiro atoms. The van der Waals surface area contributed by atoms with E-state index in [9.17, 15) is 19.7 Å². The van der Waals surface area contributed by atoms with Gasteiger partial charge in [-0.3, -0.25) is 24.0 Å². The van der Waals surface area contributed by atoms with Gasteiger partial charge in [-0.25, -0.2) is 9.78 Å². The molecule has 35 heavy (non-hydrogen) atoms. The van der Waals surface area contributed by atoms with Crippen molar-refractivity contribution in [2.75, 3.05) is 6.79 Å². The lowest BCUT2D eigenvalue weighted by atomic mass is 10.1. The molecule has 1 aliphatic heterocycles. The highest BCUT2D eigenvalue weighted by molar-refractivity contribution is 5.70. The van der Waals surface area contributed by atoms with Crippen LogP contribution in [0.2, 0.25) is 0 Å². The van der Waals surface area contributed by atoms with Crippen LogP contribution in [0, 0.1) is 10.1 Å². The molecule has 4 aromatic rings. The Morgan fingerprint density at radius 2 is 2.06 bits per heavy atom. The van der Waals surface area contributed by atoms with Crippen molar-refractivity contribution in [2.24, 2.45) is 0 Å². The number of hydrogen-bond donors (Lipinski definition) is 0. The smallest absolute Gasteiger partial charge is 0.333 e. The Balaban J connectivity index is 1.69. The van der Waals surface area contributed by atoms with Crippen LogP contribution in [0.3, 0.4) is 0 Å². The summed E-state index contributed by atoms with van der Waals surface area (Å²) >= 11 is 0. The van der Waals surface area contributed by atoms with Crippen molar-refractivity contribution in [3.63, 3.8) is 0 Å². The van der Waals surface area contributed by atoms with Crippen LogP contribution < -0.4 is 16.0 Å². The molecule has 4 heterocycles. The Kier molecular flexibility index (Phi) is 5.95. The number of unbranched alkanes of at least 4 members (excludes halogenated alkanes) is 1. The second-order valence-corrected chi connectivity index (χ2v) is 8.26. The van der Waals surface area contributed by atoms with E-state index in [-0.39, 0.29) is 37.7 Å². The number of nitro benzene ring substituents is 1. The first-order chi connectivity index (χ1) is 17.0. The van der Waals surface area contributed by atoms with E-state index in [0.29, 0.717) is 41.2 Å². The molecule has 0 fully saturated rings. The predicted molar refractivity (Wildman–Crippen MR) is 123 cm³/mol. The number of furan rings is 1. The Morgan fingerprint density at radius 3 is 2.80 bits per heavy atom. The number of ether oxygens (including phenoxy) is 2. The molecular formula is C23H23N5O7. The summed E-state index contributed by atoms with van der Waals surface area (Å²) in [6.45, 7) is 2.55. The average Bonchev–Trinajstić information content (AvgIpc) is 3.52. The van der Waals surface area contributed by atoms with E-state index in [0.717, 1.165) is 11.0 Å². The van der Waals surface area contributed by atoms with Gasteiger partial charge in [-0.1, -0.05) is 13.3 Å². The van der Waals surface area contributed by atoms with Crippen LogP contribution in [0.15, 0.2) is 50.9 Å². The molecule has 0 radical (unpaired) electrons. The molecule has 12 heteroatoms. The number of benzene rings is 1. The minimum atomic E-state index is -0.547. The van der Waals surface area contributed by atoms with Gasteiger partial charge in [0, 0.05) is 29.8 Å². The summed E-state index contributed by atoms with van der Waals surface area (Å²) in [4.78, 5) is 42.5. The molecule has 0 unspecified atom stereocenters. The van der Waals surface area contributed by atoms with Gasteiger partial charge in [-0.15, -0.1) is 0 Å². The van der Waals surface area contributed by atoms with Gasteiger partial charge in [0.1, 0.15) is 11.5 Å². The maximum absolute atomic E-state index is 13.6. The zero-order valence-corrected chi connectivity index (χ0v) is 19.0. The van der Waals surface area contributed by atoms with Crippen molar-refractivity contribution < 1.29 is 18.8 Å². The lowest BCUT2D eigenvalue weighted by molar-refractivity contribution is -0.385. The van der Waals surface area contributed by atoms with Crippen LogP contribution in [0.5, 0.6) is 5.75 Å². The average molecular weight is 481 g/mol. The molecular weight excluding hydrogens is 458 g/mol. The van der Waals surface area contributed by atoms with E-state index in [2.05, 4.69) is 4.98 Å². The first-order valence-electron chi connectivity index (χ1n) is 11.2. The van der Waals surface area contributed by atoms with Crippen LogP contribution in [-0.2, 0) is 31.0 Å². The number of aromatic nitrogens is 4. The van der Waals surface area contributed by atoms with Crippen LogP contribution in [0.1, 0.15) is 36.7 Å². The minimum absolute atomic E-state index is 0.0254. The monoisotopic (exact) mass is 481 g/mol. The number of fused-ring (bicyclic) bond motifs is 2. The fourth-order valence-corrected chi connectivity index (χ4v) is 4.26. The second-order valence-electron chi connectivity index (χ2n) is 8.26. The van der Waals surface area contributed by atoms with Gasteiger partial charge < -0.3 is 18.5 Å². The zero-order chi connectivity index (χ0) is 24.5. The highest BCUT2D eigenvalue weighted by Crippen LogP contribution is 2.33. The molecule has 182 valence electrons. The molecule has 0 atom stereocenters. The Labute approximate surface area is 198 Å². The molecule has 0 saturated heterocycles. The third-order valence-electron chi connectivity index (χ3n) is 5.94. The number of hydrogen-bond acceptors (Lipinski definition) is 8. The normalized spacial score (nSPS) is 13.1. The van der Waals surface area contributed by atoms with Gasteiger partial charge in [0.05, 0.1) is 37.2 Å². The van der Waals surface area contributed by atoms with Crippen LogP contribution >= 0.6 is 0 Å². The quantitative estimate of drug-likeness (QED) is 0.277. The lowest BCUT2D eigenvalue weighted by Gasteiger charge is -2.21. The maximum Gasteiger partial charge on any atom is 0.333 e. The molecule has 12 nitrogen and oxygen atoms in total. The summed E-state index contributed by atoms with van der Waals surface area (Å²) in [6, 6.07) is 6.24. The number of aryl methyl sites for hydroxylation is 1. The van der Waals surface area contributed by atoms with Gasteiger partial charge in [0.25, 0.3) is 11.2 Å². The van der Waals surface area contributed by atoms with Crippen molar-refractivity contribution in [3.8, 4) is 5.75 Å². The highest BCUT2D eigenvalue weighted by atomic mass is 16.7. The van der Waals surface area contributed by atoms with Crippen molar-refractivity contribution in [3.05, 3.63) is 84.7 Å². The summed E-state index contributed by atoms with van der Waals surface area (Å²) in [6.07, 6.45) is 4.60. The summed E-state index contributed by atoms with van der Waals surface area (Å²) in [5, 5.41) is 11.5. The maximum atomic E-state index is 13.6. The number of rotatable bonds is 8. The van der Waals surface area contributed by atoms with Gasteiger partial charge in [0.15, 0.2) is 18.0 Å². The van der Waals surface area contributed by atoms with Gasteiger partial charge in [-0.05, 0) is 18.6 Å². The molecule has 1 aromatic carbocycles. The number of nitro groups is 1. The predicted octanol–water partition coefficient (Wildman–Crippen LogP) is 2.62. The van der Waals surface area contributed by atoms with Crippen LogP contribution in [0.4, 0.5) is 5.69 Å². The Bertz CT molecular complexity index is 1510. The van der Waals surface area contributed by atoms with Crippen LogP contribution in [-0.4, -0.2) is 30.4 Å². The first-order valence-corrected chi connectivity index (χ1v) is 11.2. The van der Waals surface area contributed by atoms with E-state index >= 15 is 0 Å². The van der Waals surface area contributed by atoms with Crippen molar-refractivity contribution in [1.29, 1.82) is 0 Å². The molecule has 0 aliphatic carbocycles. The van der Waals surface area contributed by atoms with Gasteiger partial charge in [0.2, 0.25) is 0 Å². The van der Waals surface area contributed by atoms with E-state index in [1.807, 2.05) is 6.92 Å². The summed E-state index contributed by atoms with van der Waals surface area (Å²) in [5.74, 6) is 1.01. The standard InChI is InChI=1S/C23H23N5O7/c1-2-3-6-26-21-19(25(13-24-21)11-18-5-4-7-34-18)22(29)27(23(26)30)10-15-8-17(28(31)32)9-16-12-33-14-35-20(15)16/h4-5,7-9,13H,2-3,6,10-12,14H2,1H3. The molecule has 0 bridgehead atoms. The summed E-state index contributed by atoms with van der Waals surface area (Å²) in [5.41, 5.74) is 0.137. The lowest BCUT2D eigenvalue weighted by Crippen LogP contribution is -2.41. The van der Waals surface area contributed by atoms with E-state index in [1.54, 1.807) is 23.0 Å². The SMILES string of the molecule is CCCCn1c(=O)n(Cc2cc([N+](=O)[O-])cc3c2OCOC3)c(=O)c2c1ncn2Cc1ccco1. The van der Waals surface area contributed by atoms with Gasteiger partial charge >= 0.3 is 5.69 Å². The van der Waals surface area contributed by atoms with Gasteiger partial charge in [-0.2, -0.15) is 0 Å². The van der Waals surface area contributed by atoms with E-state index < -0.39 is 16.2 Å². The van der Waals surface area contributed by atoms with Crippen molar-refractivity contribution in [2.45, 2.75) is 46.0 Å². The fraction of sp³-hybridized carbons (Fsp3) is 0.348. The van der Waals surface area contributed by atoms with E-state index in [1.165, 1.54) is 23.0 Å². The fourth-order valence-electron chi connectivity index (χ4n) is 4.26. The van der Waals surface area contributed by atoms with Crippen LogP contribution in [0.25, 0.3) is 11.2 Å². The molecule has 3 aromatic heterocycles. The topological polar surface area (TPSA) is 137 Å². The highest BCUT2D eigenvalue weighted by Gasteiger charge is 2.24. The summed E-state index contributed by atoms with van der Waals surface area (Å²) in [7, 11) is 0.